The van der Waals surface area contributed by atoms with E-state index in [0.29, 0.717) is 24.7 Å². The van der Waals surface area contributed by atoms with Crippen molar-refractivity contribution >= 4 is 11.8 Å². The topological polar surface area (TPSA) is 58.2 Å². The fourth-order valence-corrected chi connectivity index (χ4v) is 3.67. The van der Waals surface area contributed by atoms with Crippen LogP contribution in [0.3, 0.4) is 0 Å². The van der Waals surface area contributed by atoms with E-state index in [1.54, 1.807) is 0 Å². The van der Waals surface area contributed by atoms with Crippen molar-refractivity contribution in [3.8, 4) is 0 Å². The number of nitrogens with one attached hydrogen (secondary N) is 2. The van der Waals surface area contributed by atoms with E-state index < -0.39 is 0 Å². The standard InChI is InChI=1S/C15H26N2O2/c1-15(2,11-3-5-13(18)16-9-7-11)12-4-6-14(19)17-10-8-12/h11-12H,3-10H2,1-2H3,(H,16,18)(H,17,19). The second kappa shape index (κ2) is 5.93. The molecule has 2 aliphatic rings. The molecule has 0 aromatic rings. The molecule has 2 saturated heterocycles. The van der Waals surface area contributed by atoms with E-state index in [-0.39, 0.29) is 17.2 Å². The van der Waals surface area contributed by atoms with Crippen molar-refractivity contribution in [1.29, 1.82) is 0 Å². The molecule has 108 valence electrons. The Morgan fingerprint density at radius 2 is 1.26 bits per heavy atom. The maximum absolute atomic E-state index is 11.5. The van der Waals surface area contributed by atoms with Gasteiger partial charge in [-0.3, -0.25) is 9.59 Å². The first-order valence-electron chi connectivity index (χ1n) is 7.53. The number of carbonyl (C=O) groups is 2. The van der Waals surface area contributed by atoms with Crippen LogP contribution in [0.5, 0.6) is 0 Å². The molecule has 19 heavy (non-hydrogen) atoms. The quantitative estimate of drug-likeness (QED) is 0.801. The Balaban J connectivity index is 2.02. The molecule has 2 amide bonds. The van der Waals surface area contributed by atoms with E-state index in [1.165, 1.54) is 0 Å². The van der Waals surface area contributed by atoms with Gasteiger partial charge in [0.1, 0.15) is 0 Å². The largest absolute Gasteiger partial charge is 0.356 e. The lowest BCUT2D eigenvalue weighted by atomic mass is 9.64. The van der Waals surface area contributed by atoms with Crippen LogP contribution in [0.1, 0.15) is 52.4 Å². The van der Waals surface area contributed by atoms with Crippen LogP contribution in [0.2, 0.25) is 0 Å². The summed E-state index contributed by atoms with van der Waals surface area (Å²) in [4.78, 5) is 22.9. The second-order valence-corrected chi connectivity index (χ2v) is 6.57. The van der Waals surface area contributed by atoms with Gasteiger partial charge >= 0.3 is 0 Å². The Bertz CT molecular complexity index is 320. The van der Waals surface area contributed by atoms with Gasteiger partial charge in [-0.1, -0.05) is 13.8 Å². The van der Waals surface area contributed by atoms with Crippen molar-refractivity contribution in [3.05, 3.63) is 0 Å². The van der Waals surface area contributed by atoms with Gasteiger partial charge in [0.2, 0.25) is 11.8 Å². The van der Waals surface area contributed by atoms with Crippen LogP contribution in [0, 0.1) is 17.3 Å². The SMILES string of the molecule is CC(C)(C1CCNC(=O)CC1)C1CCNC(=O)CC1. The molecule has 2 unspecified atom stereocenters. The third kappa shape index (κ3) is 3.48. The Hall–Kier alpha value is -1.06. The Kier molecular flexibility index (Phi) is 4.48. The molecule has 2 fully saturated rings. The summed E-state index contributed by atoms with van der Waals surface area (Å²) >= 11 is 0. The fraction of sp³-hybridized carbons (Fsp3) is 0.867. The molecular formula is C15H26N2O2. The highest BCUT2D eigenvalue weighted by molar-refractivity contribution is 5.76. The predicted molar refractivity (Wildman–Crippen MR) is 74.5 cm³/mol. The summed E-state index contributed by atoms with van der Waals surface area (Å²) in [6, 6.07) is 0. The van der Waals surface area contributed by atoms with Gasteiger partial charge in [0.25, 0.3) is 0 Å². The predicted octanol–water partition coefficient (Wildman–Crippen LogP) is 1.85. The third-order valence-corrected chi connectivity index (χ3v) is 5.17. The molecule has 4 nitrogen and oxygen atoms in total. The molecule has 2 rings (SSSR count). The molecule has 0 radical (unpaired) electrons. The number of rotatable bonds is 2. The first kappa shape index (κ1) is 14.4. The number of carbonyl (C=O) groups excluding carboxylic acids is 2. The van der Waals surface area contributed by atoms with Crippen LogP contribution in [0.25, 0.3) is 0 Å². The summed E-state index contributed by atoms with van der Waals surface area (Å²) < 4.78 is 0. The lowest BCUT2D eigenvalue weighted by Crippen LogP contribution is -2.34. The molecule has 0 aliphatic carbocycles. The van der Waals surface area contributed by atoms with E-state index >= 15 is 0 Å². The first-order valence-corrected chi connectivity index (χ1v) is 7.53. The van der Waals surface area contributed by atoms with Gasteiger partial charge in [-0.2, -0.15) is 0 Å². The molecule has 0 bridgehead atoms. The summed E-state index contributed by atoms with van der Waals surface area (Å²) in [7, 11) is 0. The molecular weight excluding hydrogens is 240 g/mol. The maximum Gasteiger partial charge on any atom is 0.220 e. The highest BCUT2D eigenvalue weighted by atomic mass is 16.2. The zero-order chi connectivity index (χ0) is 13.9. The smallest absolute Gasteiger partial charge is 0.220 e. The van der Waals surface area contributed by atoms with Crippen LogP contribution in [0.15, 0.2) is 0 Å². The number of hydrogen-bond donors (Lipinski definition) is 2. The Morgan fingerprint density at radius 3 is 1.68 bits per heavy atom. The number of hydrogen-bond acceptors (Lipinski definition) is 2. The van der Waals surface area contributed by atoms with E-state index in [1.807, 2.05) is 0 Å². The zero-order valence-electron chi connectivity index (χ0n) is 12.1. The monoisotopic (exact) mass is 266 g/mol. The lowest BCUT2D eigenvalue weighted by Gasteiger charge is -2.40. The van der Waals surface area contributed by atoms with Crippen LogP contribution in [-0.4, -0.2) is 24.9 Å². The van der Waals surface area contributed by atoms with Crippen molar-refractivity contribution in [2.45, 2.75) is 52.4 Å². The molecule has 0 saturated carbocycles. The average Bonchev–Trinajstić information content (AvgIpc) is 2.70. The van der Waals surface area contributed by atoms with Crippen molar-refractivity contribution < 1.29 is 9.59 Å². The van der Waals surface area contributed by atoms with Crippen molar-refractivity contribution in [1.82, 2.24) is 10.6 Å². The van der Waals surface area contributed by atoms with Crippen molar-refractivity contribution in [3.63, 3.8) is 0 Å². The van der Waals surface area contributed by atoms with E-state index in [9.17, 15) is 9.59 Å². The van der Waals surface area contributed by atoms with Gasteiger partial charge < -0.3 is 10.6 Å². The molecule has 0 aromatic heterocycles. The summed E-state index contributed by atoms with van der Waals surface area (Å²) in [5.41, 5.74) is 0.207. The molecule has 4 heteroatoms. The maximum atomic E-state index is 11.5. The highest BCUT2D eigenvalue weighted by Gasteiger charge is 2.38. The first-order chi connectivity index (χ1) is 9.00. The van der Waals surface area contributed by atoms with Crippen molar-refractivity contribution in [2.75, 3.05) is 13.1 Å². The Morgan fingerprint density at radius 1 is 0.842 bits per heavy atom. The normalized spacial score (nSPS) is 30.0. The lowest BCUT2D eigenvalue weighted by molar-refractivity contribution is -0.121. The second-order valence-electron chi connectivity index (χ2n) is 6.57. The van der Waals surface area contributed by atoms with E-state index in [4.69, 9.17) is 0 Å². The minimum Gasteiger partial charge on any atom is -0.356 e. The minimum absolute atomic E-state index is 0.191. The van der Waals surface area contributed by atoms with Crippen LogP contribution in [0.4, 0.5) is 0 Å². The summed E-state index contributed by atoms with van der Waals surface area (Å²) in [6.07, 6.45) is 5.40. The molecule has 2 atom stereocenters. The molecule has 2 N–H and O–H groups in total. The average molecular weight is 266 g/mol. The molecule has 0 aromatic carbocycles. The van der Waals surface area contributed by atoms with Gasteiger partial charge in [0, 0.05) is 25.9 Å². The van der Waals surface area contributed by atoms with Gasteiger partial charge in [0.15, 0.2) is 0 Å². The van der Waals surface area contributed by atoms with Gasteiger partial charge in [-0.15, -0.1) is 0 Å². The fourth-order valence-electron chi connectivity index (χ4n) is 3.67. The molecule has 2 aliphatic heterocycles. The van der Waals surface area contributed by atoms with E-state index in [0.717, 1.165) is 38.8 Å². The highest BCUT2D eigenvalue weighted by Crippen LogP contribution is 2.44. The van der Waals surface area contributed by atoms with Crippen LogP contribution >= 0.6 is 0 Å². The molecule has 2 heterocycles. The summed E-state index contributed by atoms with van der Waals surface area (Å²) in [5, 5.41) is 5.93. The zero-order valence-corrected chi connectivity index (χ0v) is 12.1. The minimum atomic E-state index is 0.191. The van der Waals surface area contributed by atoms with Gasteiger partial charge in [0.05, 0.1) is 0 Å². The van der Waals surface area contributed by atoms with Gasteiger partial charge in [-0.25, -0.2) is 0 Å². The Labute approximate surface area is 115 Å². The summed E-state index contributed by atoms with van der Waals surface area (Å²) in [5.74, 6) is 1.53. The van der Waals surface area contributed by atoms with E-state index in [2.05, 4.69) is 24.5 Å². The van der Waals surface area contributed by atoms with Crippen molar-refractivity contribution in [2.24, 2.45) is 17.3 Å². The van der Waals surface area contributed by atoms with Crippen LogP contribution in [-0.2, 0) is 9.59 Å². The van der Waals surface area contributed by atoms with Gasteiger partial charge in [-0.05, 0) is 42.9 Å². The third-order valence-electron chi connectivity index (χ3n) is 5.17. The van der Waals surface area contributed by atoms with Crippen LogP contribution < -0.4 is 10.6 Å². The number of amides is 2. The summed E-state index contributed by atoms with van der Waals surface area (Å²) in [6.45, 7) is 6.26. The molecule has 0 spiro atoms.